The van der Waals surface area contributed by atoms with Gasteiger partial charge in [-0.2, -0.15) is 0 Å². The quantitative estimate of drug-likeness (QED) is 0.563. The first-order valence-electron chi connectivity index (χ1n) is 11.1. The van der Waals surface area contributed by atoms with Crippen LogP contribution in [0.3, 0.4) is 0 Å². The van der Waals surface area contributed by atoms with E-state index < -0.39 is 23.6 Å². The van der Waals surface area contributed by atoms with Gasteiger partial charge in [-0.1, -0.05) is 12.1 Å². The molecule has 1 saturated heterocycles. The summed E-state index contributed by atoms with van der Waals surface area (Å²) in [5.74, 6) is -2.37. The minimum absolute atomic E-state index is 0.113. The molecule has 0 unspecified atom stereocenters. The fourth-order valence-corrected chi connectivity index (χ4v) is 4.90. The fourth-order valence-electron chi connectivity index (χ4n) is 4.90. The van der Waals surface area contributed by atoms with Crippen molar-refractivity contribution in [2.45, 2.75) is 43.6 Å². The molecule has 2 aliphatic rings. The molecule has 5 nitrogen and oxygen atoms in total. The van der Waals surface area contributed by atoms with Crippen molar-refractivity contribution in [3.05, 3.63) is 94.6 Å². The SMILES string of the molecule is N[C@@](c1ccc(F)c(F)c1)(c1ccc(CN2CCC3(CC2)OCc2ccncc23)cn1)C(F)F. The summed E-state index contributed by atoms with van der Waals surface area (Å²) in [6.07, 6.45) is 3.79. The third kappa shape index (κ3) is 3.87. The Balaban J connectivity index is 1.29. The van der Waals surface area contributed by atoms with E-state index in [0.717, 1.165) is 43.6 Å². The molecule has 178 valence electrons. The maximum absolute atomic E-state index is 14.0. The van der Waals surface area contributed by atoms with Crippen molar-refractivity contribution >= 4 is 0 Å². The Hall–Kier alpha value is -2.88. The summed E-state index contributed by atoms with van der Waals surface area (Å²) in [4.78, 5) is 10.7. The summed E-state index contributed by atoms with van der Waals surface area (Å²) in [5, 5.41) is 0. The number of aromatic nitrogens is 2. The summed E-state index contributed by atoms with van der Waals surface area (Å²) < 4.78 is 61.2. The topological polar surface area (TPSA) is 64.3 Å². The molecule has 1 fully saturated rings. The van der Waals surface area contributed by atoms with Gasteiger partial charge in [-0.3, -0.25) is 14.9 Å². The number of pyridine rings is 2. The predicted octanol–water partition coefficient (Wildman–Crippen LogP) is 4.24. The zero-order valence-corrected chi connectivity index (χ0v) is 18.4. The number of ether oxygens (including phenoxy) is 1. The highest BCUT2D eigenvalue weighted by Gasteiger charge is 2.43. The van der Waals surface area contributed by atoms with E-state index in [0.29, 0.717) is 19.2 Å². The molecule has 2 aliphatic heterocycles. The van der Waals surface area contributed by atoms with E-state index in [1.54, 1.807) is 12.3 Å². The average Bonchev–Trinajstić information content (AvgIpc) is 3.20. The van der Waals surface area contributed by atoms with Gasteiger partial charge in [0.05, 0.1) is 17.9 Å². The van der Waals surface area contributed by atoms with Gasteiger partial charge in [-0.25, -0.2) is 17.6 Å². The van der Waals surface area contributed by atoms with Crippen LogP contribution in [-0.2, 0) is 29.0 Å². The first kappa shape index (κ1) is 22.9. The van der Waals surface area contributed by atoms with Crippen LogP contribution in [0.5, 0.6) is 0 Å². The Labute approximate surface area is 194 Å². The molecule has 4 heterocycles. The smallest absolute Gasteiger partial charge is 0.266 e. The van der Waals surface area contributed by atoms with Crippen LogP contribution < -0.4 is 5.73 Å². The van der Waals surface area contributed by atoms with Gasteiger partial charge in [0.15, 0.2) is 11.6 Å². The van der Waals surface area contributed by atoms with Gasteiger partial charge in [-0.15, -0.1) is 0 Å². The Morgan fingerprint density at radius 2 is 1.85 bits per heavy atom. The molecule has 0 aliphatic carbocycles. The molecule has 1 atom stereocenters. The van der Waals surface area contributed by atoms with Gasteiger partial charge in [0.25, 0.3) is 6.43 Å². The van der Waals surface area contributed by atoms with Crippen molar-refractivity contribution in [1.82, 2.24) is 14.9 Å². The van der Waals surface area contributed by atoms with E-state index in [9.17, 15) is 17.6 Å². The van der Waals surface area contributed by atoms with E-state index in [2.05, 4.69) is 14.9 Å². The summed E-state index contributed by atoms with van der Waals surface area (Å²) in [6, 6.07) is 7.66. The molecule has 0 bridgehead atoms. The Kier molecular flexibility index (Phi) is 5.87. The molecule has 34 heavy (non-hydrogen) atoms. The molecule has 1 aromatic carbocycles. The second-order valence-corrected chi connectivity index (χ2v) is 8.94. The standard InChI is InChI=1S/C25H24F4N4O/c26-20-3-2-18(11-21(20)27)25(30,23(28)29)22-4-1-16(12-32-22)14-33-9-6-24(7-10-33)19-13-31-8-5-17(19)15-34-24/h1-5,8,11-13,23H,6-7,9-10,14-15,30H2/t25-/m0/s1. The molecule has 9 heteroatoms. The Bertz CT molecular complexity index is 1180. The predicted molar refractivity (Wildman–Crippen MR) is 117 cm³/mol. The number of nitrogens with zero attached hydrogens (tertiary/aromatic N) is 3. The zero-order chi connectivity index (χ0) is 23.9. The van der Waals surface area contributed by atoms with Crippen LogP contribution in [0.15, 0.2) is 55.0 Å². The number of hydrogen-bond acceptors (Lipinski definition) is 5. The molecule has 0 radical (unpaired) electrons. The monoisotopic (exact) mass is 472 g/mol. The average molecular weight is 472 g/mol. The normalized spacial score (nSPS) is 19.4. The lowest BCUT2D eigenvalue weighted by Crippen LogP contribution is -2.46. The number of rotatable bonds is 5. The second-order valence-electron chi connectivity index (χ2n) is 8.94. The van der Waals surface area contributed by atoms with Crippen molar-refractivity contribution in [3.8, 4) is 0 Å². The van der Waals surface area contributed by atoms with Crippen LogP contribution in [0.1, 0.15) is 40.8 Å². The number of alkyl halides is 2. The number of fused-ring (bicyclic) bond motifs is 2. The van der Waals surface area contributed by atoms with Crippen LogP contribution >= 0.6 is 0 Å². The van der Waals surface area contributed by atoms with Crippen molar-refractivity contribution in [2.24, 2.45) is 5.73 Å². The number of piperidine rings is 1. The summed E-state index contributed by atoms with van der Waals surface area (Å²) in [7, 11) is 0. The van der Waals surface area contributed by atoms with Crippen molar-refractivity contribution in [1.29, 1.82) is 0 Å². The van der Waals surface area contributed by atoms with Crippen LogP contribution in [0.4, 0.5) is 17.6 Å². The van der Waals surface area contributed by atoms with Crippen molar-refractivity contribution < 1.29 is 22.3 Å². The summed E-state index contributed by atoms with van der Waals surface area (Å²) in [5.41, 5.74) is 6.22. The Morgan fingerprint density at radius 3 is 2.53 bits per heavy atom. The van der Waals surface area contributed by atoms with Gasteiger partial charge in [0, 0.05) is 43.8 Å². The van der Waals surface area contributed by atoms with Crippen molar-refractivity contribution in [3.63, 3.8) is 0 Å². The lowest BCUT2D eigenvalue weighted by molar-refractivity contribution is -0.0800. The number of halogens is 4. The minimum atomic E-state index is -3.07. The number of benzene rings is 1. The summed E-state index contributed by atoms with van der Waals surface area (Å²) in [6.45, 7) is 2.82. The second kappa shape index (κ2) is 8.72. The van der Waals surface area contributed by atoms with E-state index in [-0.39, 0.29) is 16.9 Å². The van der Waals surface area contributed by atoms with Crippen LogP contribution in [-0.4, -0.2) is 34.4 Å². The maximum atomic E-state index is 14.0. The Morgan fingerprint density at radius 1 is 1.06 bits per heavy atom. The third-order valence-electron chi connectivity index (χ3n) is 6.97. The lowest BCUT2D eigenvalue weighted by atomic mass is 9.84. The van der Waals surface area contributed by atoms with Crippen LogP contribution in [0.25, 0.3) is 0 Å². The van der Waals surface area contributed by atoms with Gasteiger partial charge >= 0.3 is 0 Å². The van der Waals surface area contributed by atoms with E-state index >= 15 is 0 Å². The first-order chi connectivity index (χ1) is 16.3. The van der Waals surface area contributed by atoms with Gasteiger partial charge in [0.2, 0.25) is 0 Å². The maximum Gasteiger partial charge on any atom is 0.266 e. The molecule has 5 rings (SSSR count). The molecular weight excluding hydrogens is 448 g/mol. The zero-order valence-electron chi connectivity index (χ0n) is 18.4. The molecule has 0 saturated carbocycles. The number of likely N-dealkylation sites (tertiary alicyclic amines) is 1. The van der Waals surface area contributed by atoms with Crippen LogP contribution in [0, 0.1) is 11.6 Å². The van der Waals surface area contributed by atoms with Gasteiger partial charge < -0.3 is 10.5 Å². The van der Waals surface area contributed by atoms with E-state index in [1.807, 2.05) is 12.3 Å². The first-order valence-corrected chi connectivity index (χ1v) is 11.1. The fraction of sp³-hybridized carbons (Fsp3) is 0.360. The lowest BCUT2D eigenvalue weighted by Gasteiger charge is -2.39. The van der Waals surface area contributed by atoms with Crippen molar-refractivity contribution in [2.75, 3.05) is 13.1 Å². The molecular formula is C25H24F4N4O. The minimum Gasteiger partial charge on any atom is -0.365 e. The highest BCUT2D eigenvalue weighted by Crippen LogP contribution is 2.43. The molecule has 2 aromatic heterocycles. The third-order valence-corrected chi connectivity index (χ3v) is 6.97. The number of nitrogens with two attached hydrogens (primary N) is 1. The molecule has 2 N–H and O–H groups in total. The largest absolute Gasteiger partial charge is 0.365 e. The van der Waals surface area contributed by atoms with Gasteiger partial charge in [-0.05, 0) is 53.8 Å². The van der Waals surface area contributed by atoms with E-state index in [4.69, 9.17) is 10.5 Å². The highest BCUT2D eigenvalue weighted by atomic mass is 19.3. The van der Waals surface area contributed by atoms with Gasteiger partial charge in [0.1, 0.15) is 5.54 Å². The highest BCUT2D eigenvalue weighted by molar-refractivity contribution is 5.37. The molecule has 3 aromatic rings. The molecule has 1 spiro atoms. The van der Waals surface area contributed by atoms with E-state index in [1.165, 1.54) is 23.4 Å². The summed E-state index contributed by atoms with van der Waals surface area (Å²) >= 11 is 0. The number of hydrogen-bond donors (Lipinski definition) is 1. The van der Waals surface area contributed by atoms with Crippen LogP contribution in [0.2, 0.25) is 0 Å². The molecule has 0 amide bonds.